The first-order valence-electron chi connectivity index (χ1n) is 12.0. The van der Waals surface area contributed by atoms with Crippen LogP contribution in [0.5, 0.6) is 0 Å². The molecule has 3 aromatic carbocycles. The third-order valence-electron chi connectivity index (χ3n) is 5.85. The van der Waals surface area contributed by atoms with Crippen LogP contribution in [0.15, 0.2) is 84.9 Å². The van der Waals surface area contributed by atoms with Gasteiger partial charge in [0.2, 0.25) is 21.8 Å². The van der Waals surface area contributed by atoms with Crippen LogP contribution in [0.25, 0.3) is 0 Å². The molecule has 0 bridgehead atoms. The fraction of sp³-hybridized carbons (Fsp3) is 0.286. The van der Waals surface area contributed by atoms with Crippen LogP contribution in [-0.2, 0) is 37.4 Å². The minimum absolute atomic E-state index is 0.0240. The predicted octanol–water partition coefficient (Wildman–Crippen LogP) is 3.63. The number of ether oxygens (including phenoxy) is 1. The number of carbonyl (C=O) groups is 2. The normalized spacial score (nSPS) is 12.2. The lowest BCUT2D eigenvalue weighted by Crippen LogP contribution is -2.48. The standard InChI is InChI=1S/C28H32ClN3O5S/c1-37-18-17-30-28(34)27(24-11-7-4-8-12-24)32(20-23-13-15-25(29)16-14-23)26(33)21-31(38(2,35)36)19-22-9-5-3-6-10-22/h3-16,27H,17-21H2,1-2H3,(H,30,34). The summed E-state index contributed by atoms with van der Waals surface area (Å²) in [7, 11) is -2.22. The van der Waals surface area contributed by atoms with Crippen molar-refractivity contribution in [2.45, 2.75) is 19.1 Å². The Morgan fingerprint density at radius 2 is 1.47 bits per heavy atom. The molecule has 8 nitrogen and oxygen atoms in total. The Balaban J connectivity index is 1.99. The summed E-state index contributed by atoms with van der Waals surface area (Å²) in [6, 6.07) is 23.9. The van der Waals surface area contributed by atoms with Gasteiger partial charge in [0, 0.05) is 31.8 Å². The summed E-state index contributed by atoms with van der Waals surface area (Å²) in [5.41, 5.74) is 2.08. The van der Waals surface area contributed by atoms with Crippen molar-refractivity contribution in [2.24, 2.45) is 0 Å². The Hall–Kier alpha value is -3.24. The fourth-order valence-corrected chi connectivity index (χ4v) is 4.76. The molecule has 38 heavy (non-hydrogen) atoms. The average Bonchev–Trinajstić information content (AvgIpc) is 2.90. The molecule has 202 valence electrons. The third-order valence-corrected chi connectivity index (χ3v) is 7.30. The summed E-state index contributed by atoms with van der Waals surface area (Å²) in [5, 5.41) is 3.36. The summed E-state index contributed by atoms with van der Waals surface area (Å²) in [5.74, 6) is -0.915. The zero-order chi connectivity index (χ0) is 27.5. The summed E-state index contributed by atoms with van der Waals surface area (Å²) in [4.78, 5) is 28.8. The van der Waals surface area contributed by atoms with E-state index in [1.54, 1.807) is 72.8 Å². The van der Waals surface area contributed by atoms with E-state index < -0.39 is 34.4 Å². The van der Waals surface area contributed by atoms with Gasteiger partial charge in [-0.3, -0.25) is 9.59 Å². The van der Waals surface area contributed by atoms with Crippen molar-refractivity contribution in [3.05, 3.63) is 107 Å². The van der Waals surface area contributed by atoms with E-state index in [0.717, 1.165) is 21.7 Å². The molecule has 0 saturated carbocycles. The molecule has 0 radical (unpaired) electrons. The van der Waals surface area contributed by atoms with Crippen molar-refractivity contribution >= 4 is 33.4 Å². The van der Waals surface area contributed by atoms with Crippen LogP contribution in [0.3, 0.4) is 0 Å². The van der Waals surface area contributed by atoms with Crippen LogP contribution in [0.2, 0.25) is 5.02 Å². The van der Waals surface area contributed by atoms with E-state index in [1.165, 1.54) is 12.0 Å². The van der Waals surface area contributed by atoms with Crippen LogP contribution >= 0.6 is 11.6 Å². The van der Waals surface area contributed by atoms with Crippen molar-refractivity contribution in [1.82, 2.24) is 14.5 Å². The second-order valence-electron chi connectivity index (χ2n) is 8.76. The molecule has 1 N–H and O–H groups in total. The van der Waals surface area contributed by atoms with E-state index in [2.05, 4.69) is 5.32 Å². The third kappa shape index (κ3) is 8.66. The van der Waals surface area contributed by atoms with Gasteiger partial charge in [0.15, 0.2) is 0 Å². The topological polar surface area (TPSA) is 96.0 Å². The molecular weight excluding hydrogens is 526 g/mol. The van der Waals surface area contributed by atoms with E-state index in [1.807, 2.05) is 12.1 Å². The lowest BCUT2D eigenvalue weighted by atomic mass is 10.0. The summed E-state index contributed by atoms with van der Waals surface area (Å²) in [6.45, 7) is 0.213. The van der Waals surface area contributed by atoms with Gasteiger partial charge in [-0.1, -0.05) is 84.4 Å². The minimum Gasteiger partial charge on any atom is -0.383 e. The molecule has 1 atom stereocenters. The highest BCUT2D eigenvalue weighted by atomic mass is 35.5. The van der Waals surface area contributed by atoms with Crippen molar-refractivity contribution < 1.29 is 22.7 Å². The maximum Gasteiger partial charge on any atom is 0.247 e. The number of halogens is 1. The largest absolute Gasteiger partial charge is 0.383 e. The molecule has 2 amide bonds. The highest BCUT2D eigenvalue weighted by molar-refractivity contribution is 7.88. The van der Waals surface area contributed by atoms with E-state index in [4.69, 9.17) is 16.3 Å². The van der Waals surface area contributed by atoms with Crippen LogP contribution in [0, 0.1) is 0 Å². The smallest absolute Gasteiger partial charge is 0.247 e. The number of rotatable bonds is 13. The van der Waals surface area contributed by atoms with E-state index >= 15 is 0 Å². The zero-order valence-corrected chi connectivity index (χ0v) is 23.0. The number of benzene rings is 3. The van der Waals surface area contributed by atoms with Gasteiger partial charge in [-0.05, 0) is 28.8 Å². The number of hydrogen-bond donors (Lipinski definition) is 1. The van der Waals surface area contributed by atoms with Crippen molar-refractivity contribution in [2.75, 3.05) is 33.1 Å². The number of hydrogen-bond acceptors (Lipinski definition) is 5. The average molecular weight is 558 g/mol. The zero-order valence-electron chi connectivity index (χ0n) is 21.4. The second-order valence-corrected chi connectivity index (χ2v) is 11.2. The second kappa shape index (κ2) is 14.1. The van der Waals surface area contributed by atoms with Gasteiger partial charge < -0.3 is 15.0 Å². The molecule has 1 unspecified atom stereocenters. The summed E-state index contributed by atoms with van der Waals surface area (Å²) in [6.07, 6.45) is 1.07. The first-order chi connectivity index (χ1) is 18.2. The van der Waals surface area contributed by atoms with Gasteiger partial charge in [0.05, 0.1) is 19.4 Å². The molecule has 0 saturated heterocycles. The number of amides is 2. The first kappa shape index (κ1) is 29.3. The highest BCUT2D eigenvalue weighted by Crippen LogP contribution is 2.25. The van der Waals surface area contributed by atoms with Gasteiger partial charge in [-0.25, -0.2) is 8.42 Å². The summed E-state index contributed by atoms with van der Waals surface area (Å²) < 4.78 is 31.5. The first-order valence-corrected chi connectivity index (χ1v) is 14.3. The van der Waals surface area contributed by atoms with Gasteiger partial charge in [-0.2, -0.15) is 4.31 Å². The number of nitrogens with one attached hydrogen (secondary N) is 1. The lowest BCUT2D eigenvalue weighted by molar-refractivity contribution is -0.141. The maximum atomic E-state index is 13.9. The number of nitrogens with zero attached hydrogens (tertiary/aromatic N) is 2. The molecule has 0 fully saturated rings. The van der Waals surface area contributed by atoms with Crippen LogP contribution in [0.1, 0.15) is 22.7 Å². The number of sulfonamides is 1. The molecule has 0 aliphatic heterocycles. The number of carbonyl (C=O) groups excluding carboxylic acids is 2. The molecule has 0 aliphatic carbocycles. The highest BCUT2D eigenvalue weighted by Gasteiger charge is 2.33. The van der Waals surface area contributed by atoms with E-state index in [9.17, 15) is 18.0 Å². The minimum atomic E-state index is -3.75. The van der Waals surface area contributed by atoms with Gasteiger partial charge >= 0.3 is 0 Å². The van der Waals surface area contributed by atoms with E-state index in [-0.39, 0.29) is 19.6 Å². The van der Waals surface area contributed by atoms with Gasteiger partial charge in [0.25, 0.3) is 0 Å². The fourth-order valence-electron chi connectivity index (χ4n) is 3.91. The Morgan fingerprint density at radius 3 is 2.05 bits per heavy atom. The lowest BCUT2D eigenvalue weighted by Gasteiger charge is -2.33. The van der Waals surface area contributed by atoms with E-state index in [0.29, 0.717) is 17.2 Å². The molecule has 3 rings (SSSR count). The Kier molecular flexibility index (Phi) is 10.8. The molecule has 10 heteroatoms. The molecule has 3 aromatic rings. The van der Waals surface area contributed by atoms with Crippen LogP contribution < -0.4 is 5.32 Å². The molecule has 0 heterocycles. The Bertz CT molecular complexity index is 1290. The molecular formula is C28H32ClN3O5S. The predicted molar refractivity (Wildman–Crippen MR) is 148 cm³/mol. The Labute approximate surface area is 229 Å². The van der Waals surface area contributed by atoms with Crippen molar-refractivity contribution in [3.63, 3.8) is 0 Å². The monoisotopic (exact) mass is 557 g/mol. The SMILES string of the molecule is COCCNC(=O)C(c1ccccc1)N(Cc1ccc(Cl)cc1)C(=O)CN(Cc1ccccc1)S(C)(=O)=O. The van der Waals surface area contributed by atoms with Crippen molar-refractivity contribution in [3.8, 4) is 0 Å². The maximum absolute atomic E-state index is 13.9. The van der Waals surface area contributed by atoms with Crippen molar-refractivity contribution in [1.29, 1.82) is 0 Å². The molecule has 0 spiro atoms. The number of methoxy groups -OCH3 is 1. The Morgan fingerprint density at radius 1 is 0.895 bits per heavy atom. The van der Waals surface area contributed by atoms with Crippen LogP contribution in [-0.4, -0.2) is 62.5 Å². The van der Waals surface area contributed by atoms with Gasteiger partial charge in [0.1, 0.15) is 6.04 Å². The van der Waals surface area contributed by atoms with Crippen LogP contribution in [0.4, 0.5) is 0 Å². The van der Waals surface area contributed by atoms with Gasteiger partial charge in [-0.15, -0.1) is 0 Å². The quantitative estimate of drug-likeness (QED) is 0.324. The molecule has 0 aromatic heterocycles. The summed E-state index contributed by atoms with van der Waals surface area (Å²) >= 11 is 6.06. The molecule has 0 aliphatic rings.